The Labute approximate surface area is 129 Å². The van der Waals surface area contributed by atoms with Gasteiger partial charge >= 0.3 is 0 Å². The van der Waals surface area contributed by atoms with Gasteiger partial charge in [0.25, 0.3) is 5.91 Å². The number of aryl methyl sites for hydroxylation is 1. The van der Waals surface area contributed by atoms with Gasteiger partial charge in [-0.25, -0.2) is 13.6 Å². The van der Waals surface area contributed by atoms with E-state index in [1.165, 1.54) is 0 Å². The Morgan fingerprint density at radius 3 is 2.77 bits per heavy atom. The van der Waals surface area contributed by atoms with Crippen molar-refractivity contribution in [2.75, 3.05) is 18.8 Å². The van der Waals surface area contributed by atoms with E-state index in [0.29, 0.717) is 25.2 Å². The summed E-state index contributed by atoms with van der Waals surface area (Å²) in [4.78, 5) is 14.4. The second kappa shape index (κ2) is 5.40. The molecular formula is C15H19N3O3S. The van der Waals surface area contributed by atoms with E-state index >= 15 is 0 Å². The molecule has 1 aromatic heterocycles. The molecular weight excluding hydrogens is 302 g/mol. The summed E-state index contributed by atoms with van der Waals surface area (Å²) >= 11 is 0. The average Bonchev–Trinajstić information content (AvgIpc) is 3.02. The van der Waals surface area contributed by atoms with Gasteiger partial charge in [0, 0.05) is 31.0 Å². The van der Waals surface area contributed by atoms with Crippen molar-refractivity contribution in [2.24, 2.45) is 18.1 Å². The first-order chi connectivity index (χ1) is 10.3. The molecule has 2 heterocycles. The van der Waals surface area contributed by atoms with Gasteiger partial charge in [-0.15, -0.1) is 0 Å². The maximum absolute atomic E-state index is 12.7. The predicted molar refractivity (Wildman–Crippen MR) is 84.9 cm³/mol. The van der Waals surface area contributed by atoms with E-state index in [-0.39, 0.29) is 17.6 Å². The quantitative estimate of drug-likeness (QED) is 0.912. The molecule has 0 aliphatic carbocycles. The van der Waals surface area contributed by atoms with Crippen LogP contribution in [-0.2, 0) is 17.1 Å². The van der Waals surface area contributed by atoms with Crippen LogP contribution in [-0.4, -0.2) is 42.6 Å². The number of carbonyl (C=O) groups excluding carboxylic acids is 1. The molecule has 7 heteroatoms. The van der Waals surface area contributed by atoms with Crippen LogP contribution in [0.3, 0.4) is 0 Å². The number of primary sulfonamides is 1. The number of aromatic nitrogens is 1. The third kappa shape index (κ3) is 2.86. The Hall–Kier alpha value is -1.86. The van der Waals surface area contributed by atoms with E-state index in [1.807, 2.05) is 41.9 Å². The van der Waals surface area contributed by atoms with E-state index in [2.05, 4.69) is 0 Å². The minimum Gasteiger partial charge on any atom is -0.340 e. The molecule has 0 saturated carbocycles. The summed E-state index contributed by atoms with van der Waals surface area (Å²) < 4.78 is 24.2. The van der Waals surface area contributed by atoms with Gasteiger partial charge in [0.1, 0.15) is 5.69 Å². The maximum Gasteiger partial charge on any atom is 0.270 e. The molecule has 118 valence electrons. The van der Waals surface area contributed by atoms with Crippen LogP contribution in [0, 0.1) is 5.92 Å². The summed E-state index contributed by atoms with van der Waals surface area (Å²) in [5, 5.41) is 6.11. The monoisotopic (exact) mass is 321 g/mol. The van der Waals surface area contributed by atoms with Gasteiger partial charge in [0.2, 0.25) is 10.0 Å². The highest BCUT2D eigenvalue weighted by Crippen LogP contribution is 2.23. The molecule has 1 amide bonds. The first kappa shape index (κ1) is 15.1. The molecule has 1 unspecified atom stereocenters. The summed E-state index contributed by atoms with van der Waals surface area (Å²) in [7, 11) is -1.62. The van der Waals surface area contributed by atoms with Crippen molar-refractivity contribution < 1.29 is 13.2 Å². The minimum absolute atomic E-state index is 0.0596. The lowest BCUT2D eigenvalue weighted by atomic mass is 10.2. The smallest absolute Gasteiger partial charge is 0.270 e. The average molecular weight is 321 g/mol. The molecule has 1 aromatic carbocycles. The minimum atomic E-state index is -3.49. The highest BCUT2D eigenvalue weighted by molar-refractivity contribution is 7.89. The molecule has 22 heavy (non-hydrogen) atoms. The van der Waals surface area contributed by atoms with Crippen molar-refractivity contribution in [2.45, 2.75) is 6.42 Å². The number of benzene rings is 1. The number of amides is 1. The van der Waals surface area contributed by atoms with Gasteiger partial charge < -0.3 is 9.47 Å². The van der Waals surface area contributed by atoms with Crippen molar-refractivity contribution in [1.82, 2.24) is 9.47 Å². The highest BCUT2D eigenvalue weighted by Gasteiger charge is 2.30. The second-order valence-corrected chi connectivity index (χ2v) is 7.54. The zero-order valence-corrected chi connectivity index (χ0v) is 13.2. The van der Waals surface area contributed by atoms with Crippen LogP contribution in [0.4, 0.5) is 0 Å². The Morgan fingerprint density at radius 2 is 2.09 bits per heavy atom. The van der Waals surface area contributed by atoms with Crippen LogP contribution in [0.15, 0.2) is 30.3 Å². The maximum atomic E-state index is 12.7. The molecule has 1 aliphatic heterocycles. The fraction of sp³-hybridized carbons (Fsp3) is 0.400. The Morgan fingerprint density at radius 1 is 1.36 bits per heavy atom. The van der Waals surface area contributed by atoms with E-state index in [9.17, 15) is 13.2 Å². The summed E-state index contributed by atoms with van der Waals surface area (Å²) in [5.41, 5.74) is 1.63. The van der Waals surface area contributed by atoms with Gasteiger partial charge in [-0.2, -0.15) is 0 Å². The van der Waals surface area contributed by atoms with Crippen molar-refractivity contribution in [1.29, 1.82) is 0 Å². The molecule has 2 aromatic rings. The third-order valence-electron chi connectivity index (χ3n) is 4.21. The summed E-state index contributed by atoms with van der Waals surface area (Å²) in [6.07, 6.45) is 0.673. The Balaban J connectivity index is 1.81. The predicted octanol–water partition coefficient (Wildman–Crippen LogP) is 0.929. The molecule has 1 aliphatic rings. The molecule has 2 N–H and O–H groups in total. The van der Waals surface area contributed by atoms with E-state index < -0.39 is 10.0 Å². The Kier molecular flexibility index (Phi) is 3.70. The first-order valence-electron chi connectivity index (χ1n) is 7.19. The van der Waals surface area contributed by atoms with Crippen molar-refractivity contribution in [3.63, 3.8) is 0 Å². The number of rotatable bonds is 3. The number of carbonyl (C=O) groups is 1. The molecule has 0 bridgehead atoms. The van der Waals surface area contributed by atoms with E-state index in [0.717, 1.165) is 10.9 Å². The van der Waals surface area contributed by atoms with Gasteiger partial charge in [0.05, 0.1) is 5.75 Å². The zero-order valence-electron chi connectivity index (χ0n) is 12.4. The molecule has 1 saturated heterocycles. The lowest BCUT2D eigenvalue weighted by molar-refractivity contribution is 0.0779. The fourth-order valence-corrected chi connectivity index (χ4v) is 4.07. The van der Waals surface area contributed by atoms with Crippen molar-refractivity contribution in [3.8, 4) is 0 Å². The van der Waals surface area contributed by atoms with Gasteiger partial charge in [-0.05, 0) is 24.5 Å². The van der Waals surface area contributed by atoms with Gasteiger partial charge in [-0.1, -0.05) is 18.2 Å². The number of hydrogen-bond donors (Lipinski definition) is 1. The van der Waals surface area contributed by atoms with Crippen LogP contribution >= 0.6 is 0 Å². The number of nitrogens with two attached hydrogens (primary N) is 1. The number of likely N-dealkylation sites (tertiary alicyclic amines) is 1. The van der Waals surface area contributed by atoms with E-state index in [1.54, 1.807) is 4.90 Å². The molecule has 3 rings (SSSR count). The molecule has 0 spiro atoms. The molecule has 6 nitrogen and oxygen atoms in total. The normalized spacial score (nSPS) is 19.0. The number of hydrogen-bond acceptors (Lipinski definition) is 3. The number of nitrogens with zero attached hydrogens (tertiary/aromatic N) is 2. The largest absolute Gasteiger partial charge is 0.340 e. The molecule has 1 atom stereocenters. The second-order valence-electron chi connectivity index (χ2n) is 5.88. The lowest BCUT2D eigenvalue weighted by Gasteiger charge is -2.16. The fourth-order valence-electron chi connectivity index (χ4n) is 3.14. The summed E-state index contributed by atoms with van der Waals surface area (Å²) in [6, 6.07) is 9.70. The van der Waals surface area contributed by atoms with Crippen molar-refractivity contribution in [3.05, 3.63) is 36.0 Å². The third-order valence-corrected chi connectivity index (χ3v) is 5.15. The summed E-state index contributed by atoms with van der Waals surface area (Å²) in [5.74, 6) is -0.199. The number of para-hydroxylation sites is 1. The lowest BCUT2D eigenvalue weighted by Crippen LogP contribution is -2.31. The summed E-state index contributed by atoms with van der Waals surface area (Å²) in [6.45, 7) is 1.01. The van der Waals surface area contributed by atoms with Crippen LogP contribution in [0.5, 0.6) is 0 Å². The Bertz CT molecular complexity index is 826. The zero-order chi connectivity index (χ0) is 15.9. The number of sulfonamides is 1. The van der Waals surface area contributed by atoms with Gasteiger partial charge in [-0.3, -0.25) is 4.79 Å². The number of fused-ring (bicyclic) bond motifs is 1. The van der Waals surface area contributed by atoms with Crippen LogP contribution in [0.2, 0.25) is 0 Å². The molecule has 0 radical (unpaired) electrons. The van der Waals surface area contributed by atoms with Crippen LogP contribution in [0.1, 0.15) is 16.9 Å². The topological polar surface area (TPSA) is 85.4 Å². The van der Waals surface area contributed by atoms with E-state index in [4.69, 9.17) is 5.14 Å². The SMILES string of the molecule is Cn1c(C(=O)N2CCC(CS(N)(=O)=O)C2)cc2ccccc21. The van der Waals surface area contributed by atoms with Crippen molar-refractivity contribution >= 4 is 26.8 Å². The standard InChI is InChI=1S/C15H19N3O3S/c1-17-13-5-3-2-4-12(13)8-14(17)15(19)18-7-6-11(9-18)10-22(16,20)21/h2-5,8,11H,6-7,9-10H2,1H3,(H2,16,20,21). The first-order valence-corrected chi connectivity index (χ1v) is 8.91. The highest BCUT2D eigenvalue weighted by atomic mass is 32.2. The van der Waals surface area contributed by atoms with Crippen LogP contribution in [0.25, 0.3) is 10.9 Å². The van der Waals surface area contributed by atoms with Gasteiger partial charge in [0.15, 0.2) is 0 Å². The van der Waals surface area contributed by atoms with Crippen LogP contribution < -0.4 is 5.14 Å². The molecule has 1 fully saturated rings.